The molecule has 1 rings (SSSR count). The lowest BCUT2D eigenvalue weighted by atomic mass is 10.1. The van der Waals surface area contributed by atoms with Crippen LogP contribution in [-0.4, -0.2) is 31.0 Å². The molecule has 0 heterocycles. The number of nitrogens with zero attached hydrogens (tertiary/aromatic N) is 1. The van der Waals surface area contributed by atoms with Crippen molar-refractivity contribution in [3.05, 3.63) is 35.6 Å². The molecule has 0 spiro atoms. The predicted molar refractivity (Wildman–Crippen MR) is 61.1 cm³/mol. The van der Waals surface area contributed by atoms with Gasteiger partial charge in [0.2, 0.25) is 0 Å². The minimum Gasteiger partial charge on any atom is -0.448 e. The lowest BCUT2D eigenvalue weighted by Gasteiger charge is -2.30. The topological polar surface area (TPSA) is 38.8 Å². The van der Waals surface area contributed by atoms with Crippen LogP contribution < -0.4 is 0 Å². The van der Waals surface area contributed by atoms with Gasteiger partial charge in [0, 0.05) is 0 Å². The van der Waals surface area contributed by atoms with Crippen LogP contribution in [0.1, 0.15) is 18.5 Å². The van der Waals surface area contributed by atoms with Crippen molar-refractivity contribution >= 4 is 6.09 Å². The summed E-state index contributed by atoms with van der Waals surface area (Å²) >= 11 is 0. The molecular formula is C12H13F4NO3. The summed E-state index contributed by atoms with van der Waals surface area (Å²) in [4.78, 5) is 16.0. The molecule has 1 atom stereocenters. The molecule has 0 radical (unpaired) electrons. The van der Waals surface area contributed by atoms with Crippen molar-refractivity contribution in [2.75, 3.05) is 13.7 Å². The van der Waals surface area contributed by atoms with Gasteiger partial charge in [-0.2, -0.15) is 18.2 Å². The Morgan fingerprint density at radius 1 is 1.30 bits per heavy atom. The first-order valence-corrected chi connectivity index (χ1v) is 5.63. The summed E-state index contributed by atoms with van der Waals surface area (Å²) in [5.41, 5.74) is -0.339. The van der Waals surface area contributed by atoms with Crippen LogP contribution in [-0.2, 0) is 9.57 Å². The molecule has 112 valence electrons. The highest BCUT2D eigenvalue weighted by atomic mass is 19.4. The second-order valence-electron chi connectivity index (χ2n) is 3.70. The van der Waals surface area contributed by atoms with E-state index < -0.39 is 24.1 Å². The summed E-state index contributed by atoms with van der Waals surface area (Å²) in [5, 5.41) is 0.0662. The normalized spacial score (nSPS) is 12.9. The van der Waals surface area contributed by atoms with Gasteiger partial charge in [0.1, 0.15) is 5.82 Å². The van der Waals surface area contributed by atoms with E-state index in [2.05, 4.69) is 9.57 Å². The van der Waals surface area contributed by atoms with E-state index in [-0.39, 0.29) is 17.2 Å². The molecular weight excluding hydrogens is 282 g/mol. The maximum atomic E-state index is 13.1. The first-order valence-electron chi connectivity index (χ1n) is 5.63. The maximum absolute atomic E-state index is 13.1. The van der Waals surface area contributed by atoms with Crippen molar-refractivity contribution in [3.8, 4) is 0 Å². The average molecular weight is 295 g/mol. The Kier molecular flexibility index (Phi) is 5.32. The SMILES string of the molecule is CCOC(=O)N(OC)C(c1ccc(F)cc1)C(F)(F)F. The highest BCUT2D eigenvalue weighted by molar-refractivity contribution is 5.67. The third kappa shape index (κ3) is 3.83. The molecule has 0 aliphatic carbocycles. The molecule has 4 nitrogen and oxygen atoms in total. The van der Waals surface area contributed by atoms with Crippen molar-refractivity contribution in [3.63, 3.8) is 0 Å². The average Bonchev–Trinajstić information content (AvgIpc) is 2.36. The van der Waals surface area contributed by atoms with Crippen LogP contribution >= 0.6 is 0 Å². The molecule has 0 aliphatic heterocycles. The number of hydrogen-bond donors (Lipinski definition) is 0. The van der Waals surface area contributed by atoms with Gasteiger partial charge in [-0.05, 0) is 24.6 Å². The van der Waals surface area contributed by atoms with E-state index in [0.717, 1.165) is 31.4 Å². The zero-order valence-electron chi connectivity index (χ0n) is 10.8. The van der Waals surface area contributed by atoms with Crippen LogP contribution in [0.25, 0.3) is 0 Å². The Labute approximate surface area is 112 Å². The van der Waals surface area contributed by atoms with Crippen molar-refractivity contribution in [2.45, 2.75) is 19.1 Å². The van der Waals surface area contributed by atoms with Gasteiger partial charge in [-0.3, -0.25) is 4.84 Å². The number of amides is 1. The Bertz CT molecular complexity index is 447. The fourth-order valence-electron chi connectivity index (χ4n) is 1.57. The third-order valence-electron chi connectivity index (χ3n) is 2.37. The van der Waals surface area contributed by atoms with E-state index >= 15 is 0 Å². The molecule has 0 bridgehead atoms. The number of benzene rings is 1. The summed E-state index contributed by atoms with van der Waals surface area (Å²) < 4.78 is 56.7. The molecule has 1 unspecified atom stereocenters. The molecule has 0 aliphatic rings. The second-order valence-corrected chi connectivity index (χ2v) is 3.70. The number of hydroxylamine groups is 2. The van der Waals surface area contributed by atoms with Crippen LogP contribution in [0.2, 0.25) is 0 Å². The van der Waals surface area contributed by atoms with Crippen molar-refractivity contribution in [2.24, 2.45) is 0 Å². The van der Waals surface area contributed by atoms with Gasteiger partial charge in [0.15, 0.2) is 6.04 Å². The van der Waals surface area contributed by atoms with Gasteiger partial charge in [0.05, 0.1) is 13.7 Å². The first kappa shape index (κ1) is 16.2. The second kappa shape index (κ2) is 6.56. The van der Waals surface area contributed by atoms with Gasteiger partial charge in [-0.25, -0.2) is 9.18 Å². The van der Waals surface area contributed by atoms with Crippen LogP contribution in [0, 0.1) is 5.82 Å². The molecule has 1 aromatic carbocycles. The molecule has 0 saturated heterocycles. The molecule has 0 fully saturated rings. The predicted octanol–water partition coefficient (Wildman–Crippen LogP) is 3.45. The number of rotatable bonds is 4. The minimum atomic E-state index is -4.80. The smallest absolute Gasteiger partial charge is 0.434 e. The maximum Gasteiger partial charge on any atom is 0.434 e. The number of halogens is 4. The monoisotopic (exact) mass is 295 g/mol. The van der Waals surface area contributed by atoms with E-state index in [0.29, 0.717) is 0 Å². The number of hydrogen-bond acceptors (Lipinski definition) is 3. The Hall–Kier alpha value is -1.83. The van der Waals surface area contributed by atoms with Gasteiger partial charge >= 0.3 is 12.3 Å². The standard InChI is InChI=1S/C12H13F4NO3/c1-3-20-11(18)17(19-2)10(12(14,15)16)8-4-6-9(13)7-5-8/h4-7,10H,3H2,1-2H3. The summed E-state index contributed by atoms with van der Waals surface area (Å²) in [6.45, 7) is 1.35. The summed E-state index contributed by atoms with van der Waals surface area (Å²) in [6.07, 6.45) is -6.08. The molecule has 20 heavy (non-hydrogen) atoms. The molecule has 0 N–H and O–H groups in total. The fraction of sp³-hybridized carbons (Fsp3) is 0.417. The third-order valence-corrected chi connectivity index (χ3v) is 2.37. The molecule has 0 saturated carbocycles. The van der Waals surface area contributed by atoms with E-state index in [4.69, 9.17) is 0 Å². The van der Waals surface area contributed by atoms with Crippen LogP contribution in [0.5, 0.6) is 0 Å². The molecule has 1 aromatic rings. The van der Waals surface area contributed by atoms with Crippen molar-refractivity contribution in [1.82, 2.24) is 5.06 Å². The van der Waals surface area contributed by atoms with E-state index in [1.54, 1.807) is 0 Å². The molecule has 1 amide bonds. The molecule has 0 aromatic heterocycles. The van der Waals surface area contributed by atoms with E-state index in [1.807, 2.05) is 0 Å². The zero-order chi connectivity index (χ0) is 15.3. The van der Waals surface area contributed by atoms with Gasteiger partial charge < -0.3 is 4.74 Å². The van der Waals surface area contributed by atoms with Gasteiger partial charge in [-0.1, -0.05) is 12.1 Å². The largest absolute Gasteiger partial charge is 0.448 e. The highest BCUT2D eigenvalue weighted by Gasteiger charge is 2.48. The number of ether oxygens (including phenoxy) is 1. The summed E-state index contributed by atoms with van der Waals surface area (Å²) in [7, 11) is 0.916. The lowest BCUT2D eigenvalue weighted by Crippen LogP contribution is -2.42. The number of carbonyl (C=O) groups is 1. The lowest BCUT2D eigenvalue weighted by molar-refractivity contribution is -0.250. The van der Waals surface area contributed by atoms with Crippen LogP contribution in [0.15, 0.2) is 24.3 Å². The summed E-state index contributed by atoms with van der Waals surface area (Å²) in [6, 6.07) is 1.21. The number of carbonyl (C=O) groups excluding carboxylic acids is 1. The van der Waals surface area contributed by atoms with E-state index in [9.17, 15) is 22.4 Å². The molecule has 8 heteroatoms. The Balaban J connectivity index is 3.17. The summed E-state index contributed by atoms with van der Waals surface area (Å²) in [5.74, 6) is -0.685. The van der Waals surface area contributed by atoms with E-state index in [1.165, 1.54) is 6.92 Å². The number of alkyl halides is 3. The van der Waals surface area contributed by atoms with Gasteiger partial charge in [0.25, 0.3) is 0 Å². The fourth-order valence-corrected chi connectivity index (χ4v) is 1.57. The van der Waals surface area contributed by atoms with Crippen molar-refractivity contribution < 1.29 is 31.9 Å². The van der Waals surface area contributed by atoms with Crippen LogP contribution in [0.3, 0.4) is 0 Å². The quantitative estimate of drug-likeness (QED) is 0.631. The highest BCUT2D eigenvalue weighted by Crippen LogP contribution is 2.38. The van der Waals surface area contributed by atoms with Gasteiger partial charge in [-0.15, -0.1) is 0 Å². The Morgan fingerprint density at radius 2 is 1.85 bits per heavy atom. The van der Waals surface area contributed by atoms with Crippen molar-refractivity contribution in [1.29, 1.82) is 0 Å². The van der Waals surface area contributed by atoms with Crippen LogP contribution in [0.4, 0.5) is 22.4 Å². The minimum absolute atomic E-state index is 0.0662. The zero-order valence-corrected chi connectivity index (χ0v) is 10.8. The first-order chi connectivity index (χ1) is 9.31. The Morgan fingerprint density at radius 3 is 2.25 bits per heavy atom.